The lowest BCUT2D eigenvalue weighted by atomic mass is 10.2. The van der Waals surface area contributed by atoms with E-state index >= 15 is 0 Å². The van der Waals surface area contributed by atoms with Gasteiger partial charge in [-0.15, -0.1) is 0 Å². The molecule has 0 amide bonds. The Bertz CT molecular complexity index is 958. The van der Waals surface area contributed by atoms with Gasteiger partial charge in [0.05, 0.1) is 6.21 Å². The molecule has 0 saturated heterocycles. The molecule has 0 spiro atoms. The third kappa shape index (κ3) is 3.67. The SMILES string of the molecule is C(=N\Nc1nc2ccccc2o1)/c1ccc(Nc2ccccc2)cc1. The highest BCUT2D eigenvalue weighted by Crippen LogP contribution is 2.18. The summed E-state index contributed by atoms with van der Waals surface area (Å²) in [5, 5.41) is 7.51. The van der Waals surface area contributed by atoms with E-state index in [1.807, 2.05) is 78.9 Å². The molecule has 5 nitrogen and oxygen atoms in total. The molecule has 5 heteroatoms. The molecule has 0 aliphatic rings. The van der Waals surface area contributed by atoms with Gasteiger partial charge >= 0.3 is 6.01 Å². The first-order chi connectivity index (χ1) is 12.4. The van der Waals surface area contributed by atoms with E-state index in [9.17, 15) is 0 Å². The topological polar surface area (TPSA) is 62.5 Å². The van der Waals surface area contributed by atoms with E-state index in [0.29, 0.717) is 6.01 Å². The molecule has 0 atom stereocenters. The molecular formula is C20H16N4O. The Balaban J connectivity index is 1.39. The molecule has 0 bridgehead atoms. The summed E-state index contributed by atoms with van der Waals surface area (Å²) >= 11 is 0. The van der Waals surface area contributed by atoms with E-state index in [-0.39, 0.29) is 0 Å². The third-order valence-electron chi connectivity index (χ3n) is 3.64. The number of nitrogens with one attached hydrogen (secondary N) is 2. The van der Waals surface area contributed by atoms with Crippen molar-refractivity contribution in [1.29, 1.82) is 0 Å². The van der Waals surface area contributed by atoms with Crippen LogP contribution in [0.5, 0.6) is 0 Å². The monoisotopic (exact) mass is 328 g/mol. The fourth-order valence-corrected chi connectivity index (χ4v) is 2.42. The summed E-state index contributed by atoms with van der Waals surface area (Å²) in [5.74, 6) is 0. The normalized spacial score (nSPS) is 11.0. The molecule has 1 heterocycles. The molecule has 0 saturated carbocycles. The second-order valence-corrected chi connectivity index (χ2v) is 5.47. The van der Waals surface area contributed by atoms with Crippen LogP contribution in [0, 0.1) is 0 Å². The minimum atomic E-state index is 0.375. The number of nitrogens with zero attached hydrogens (tertiary/aromatic N) is 2. The van der Waals surface area contributed by atoms with Crippen molar-refractivity contribution in [2.75, 3.05) is 10.7 Å². The lowest BCUT2D eigenvalue weighted by molar-refractivity contribution is 0.617. The average Bonchev–Trinajstić information content (AvgIpc) is 3.07. The maximum absolute atomic E-state index is 5.55. The minimum absolute atomic E-state index is 0.375. The summed E-state index contributed by atoms with van der Waals surface area (Å²) in [4.78, 5) is 4.30. The zero-order valence-electron chi connectivity index (χ0n) is 13.4. The number of anilines is 3. The van der Waals surface area contributed by atoms with Gasteiger partial charge in [0.1, 0.15) is 5.52 Å². The number of oxazole rings is 1. The highest BCUT2D eigenvalue weighted by molar-refractivity contribution is 5.81. The van der Waals surface area contributed by atoms with Crippen molar-refractivity contribution in [3.63, 3.8) is 0 Å². The van der Waals surface area contributed by atoms with Gasteiger partial charge in [0.2, 0.25) is 0 Å². The fraction of sp³-hybridized carbons (Fsp3) is 0. The van der Waals surface area contributed by atoms with E-state index in [0.717, 1.165) is 28.0 Å². The standard InChI is InChI=1S/C20H16N4O/c1-2-6-16(7-3-1)22-17-12-10-15(11-13-17)14-21-24-20-23-18-8-4-5-9-19(18)25-20/h1-14,22H,(H,23,24)/b21-14+. The van der Waals surface area contributed by atoms with Gasteiger partial charge in [-0.2, -0.15) is 10.1 Å². The van der Waals surface area contributed by atoms with Crippen LogP contribution in [-0.4, -0.2) is 11.2 Å². The molecule has 1 aromatic heterocycles. The van der Waals surface area contributed by atoms with Crippen molar-refractivity contribution in [1.82, 2.24) is 4.98 Å². The first-order valence-electron chi connectivity index (χ1n) is 7.94. The molecule has 4 rings (SSSR count). The molecule has 0 fully saturated rings. The van der Waals surface area contributed by atoms with Gasteiger partial charge in [0.15, 0.2) is 5.58 Å². The van der Waals surface area contributed by atoms with Crippen LogP contribution >= 0.6 is 0 Å². The number of hydrogen-bond acceptors (Lipinski definition) is 5. The van der Waals surface area contributed by atoms with Crippen LogP contribution in [0.1, 0.15) is 5.56 Å². The highest BCUT2D eigenvalue weighted by Gasteiger charge is 2.02. The quantitative estimate of drug-likeness (QED) is 0.399. The Labute approximate surface area is 145 Å². The second kappa shape index (κ2) is 6.88. The summed E-state index contributed by atoms with van der Waals surface area (Å²) in [5.41, 5.74) is 7.40. The van der Waals surface area contributed by atoms with Gasteiger partial charge in [-0.3, -0.25) is 0 Å². The lowest BCUT2D eigenvalue weighted by Crippen LogP contribution is -1.92. The smallest absolute Gasteiger partial charge is 0.316 e. The van der Waals surface area contributed by atoms with Crippen molar-refractivity contribution >= 4 is 34.7 Å². The maximum atomic E-state index is 5.55. The number of hydrazone groups is 1. The van der Waals surface area contributed by atoms with Crippen LogP contribution < -0.4 is 10.7 Å². The molecule has 0 radical (unpaired) electrons. The van der Waals surface area contributed by atoms with Gasteiger partial charge in [0.25, 0.3) is 0 Å². The Morgan fingerprint density at radius 3 is 2.32 bits per heavy atom. The fourth-order valence-electron chi connectivity index (χ4n) is 2.42. The van der Waals surface area contributed by atoms with Crippen molar-refractivity contribution in [2.45, 2.75) is 0 Å². The van der Waals surface area contributed by atoms with Gasteiger partial charge in [-0.05, 0) is 42.0 Å². The predicted octanol–water partition coefficient (Wildman–Crippen LogP) is 5.02. The number of hydrogen-bond donors (Lipinski definition) is 2. The number of fused-ring (bicyclic) bond motifs is 1. The number of aromatic nitrogens is 1. The summed E-state index contributed by atoms with van der Waals surface area (Å²) in [6.07, 6.45) is 1.72. The first-order valence-corrected chi connectivity index (χ1v) is 7.94. The zero-order valence-corrected chi connectivity index (χ0v) is 13.4. The molecule has 4 aromatic rings. The first kappa shape index (κ1) is 15.0. The van der Waals surface area contributed by atoms with Gasteiger partial charge in [0, 0.05) is 11.4 Å². The molecule has 122 valence electrons. The van der Waals surface area contributed by atoms with Gasteiger partial charge < -0.3 is 9.73 Å². The minimum Gasteiger partial charge on any atom is -0.422 e. The zero-order chi connectivity index (χ0) is 16.9. The average molecular weight is 328 g/mol. The third-order valence-corrected chi connectivity index (χ3v) is 3.64. The number of para-hydroxylation sites is 3. The van der Waals surface area contributed by atoms with E-state index in [1.165, 1.54) is 0 Å². The molecule has 25 heavy (non-hydrogen) atoms. The van der Waals surface area contributed by atoms with Crippen LogP contribution in [0.3, 0.4) is 0 Å². The Morgan fingerprint density at radius 1 is 0.800 bits per heavy atom. The molecule has 0 aliphatic heterocycles. The van der Waals surface area contributed by atoms with Crippen LogP contribution in [0.15, 0.2) is 88.4 Å². The highest BCUT2D eigenvalue weighted by atomic mass is 16.4. The van der Waals surface area contributed by atoms with E-state index in [2.05, 4.69) is 20.8 Å². The molecule has 3 aromatic carbocycles. The van der Waals surface area contributed by atoms with Crippen molar-refractivity contribution in [3.05, 3.63) is 84.4 Å². The predicted molar refractivity (Wildman–Crippen MR) is 101 cm³/mol. The van der Waals surface area contributed by atoms with Crippen LogP contribution in [0.25, 0.3) is 11.1 Å². The van der Waals surface area contributed by atoms with E-state index in [1.54, 1.807) is 6.21 Å². The molecule has 2 N–H and O–H groups in total. The van der Waals surface area contributed by atoms with Crippen LogP contribution in [0.4, 0.5) is 17.4 Å². The number of benzene rings is 3. The summed E-state index contributed by atoms with van der Waals surface area (Å²) in [6, 6.07) is 26.0. The Kier molecular flexibility index (Phi) is 4.12. The molecule has 0 unspecified atom stereocenters. The summed E-state index contributed by atoms with van der Waals surface area (Å²) < 4.78 is 5.55. The summed E-state index contributed by atoms with van der Waals surface area (Å²) in [6.45, 7) is 0. The van der Waals surface area contributed by atoms with E-state index in [4.69, 9.17) is 4.42 Å². The van der Waals surface area contributed by atoms with Gasteiger partial charge in [-0.25, -0.2) is 5.43 Å². The van der Waals surface area contributed by atoms with Crippen LogP contribution in [0.2, 0.25) is 0 Å². The van der Waals surface area contributed by atoms with Crippen molar-refractivity contribution in [2.24, 2.45) is 5.10 Å². The molecule has 0 aliphatic carbocycles. The molecular weight excluding hydrogens is 312 g/mol. The largest absolute Gasteiger partial charge is 0.422 e. The summed E-state index contributed by atoms with van der Waals surface area (Å²) in [7, 11) is 0. The Hall–Kier alpha value is -3.60. The van der Waals surface area contributed by atoms with Crippen molar-refractivity contribution < 1.29 is 4.42 Å². The second-order valence-electron chi connectivity index (χ2n) is 5.47. The van der Waals surface area contributed by atoms with E-state index < -0.39 is 0 Å². The maximum Gasteiger partial charge on any atom is 0.316 e. The Morgan fingerprint density at radius 2 is 1.52 bits per heavy atom. The lowest BCUT2D eigenvalue weighted by Gasteiger charge is -2.05. The number of rotatable bonds is 5. The van der Waals surface area contributed by atoms with Gasteiger partial charge in [-0.1, -0.05) is 42.5 Å². The van der Waals surface area contributed by atoms with Crippen LogP contribution in [-0.2, 0) is 0 Å². The van der Waals surface area contributed by atoms with Crippen molar-refractivity contribution in [3.8, 4) is 0 Å².